The van der Waals surface area contributed by atoms with Crippen molar-refractivity contribution in [1.29, 1.82) is 0 Å². The maximum Gasteiger partial charge on any atom is 0.351 e. The van der Waals surface area contributed by atoms with Crippen molar-refractivity contribution in [2.24, 2.45) is 0 Å². The number of alkyl halides is 3. The predicted molar refractivity (Wildman–Crippen MR) is 40.9 cm³/mol. The second kappa shape index (κ2) is 2.98. The van der Waals surface area contributed by atoms with Crippen LogP contribution in [0.5, 0.6) is 0 Å². The molecule has 0 N–H and O–H groups in total. The summed E-state index contributed by atoms with van der Waals surface area (Å²) >= 11 is 4.66. The lowest BCUT2D eigenvalue weighted by atomic mass is 10.1. The molecule has 12 heavy (non-hydrogen) atoms. The van der Waals surface area contributed by atoms with Crippen LogP contribution in [0.25, 0.3) is 0 Å². The van der Waals surface area contributed by atoms with E-state index in [2.05, 4.69) is 11.6 Å². The Hall–Kier alpha value is -0.700. The molecule has 0 atom stereocenters. The Labute approximate surface area is 73.0 Å². The maximum atomic E-state index is 12.9. The van der Waals surface area contributed by atoms with E-state index in [4.69, 9.17) is 0 Å². The average molecular weight is 195 g/mol. The van der Waals surface area contributed by atoms with Crippen molar-refractivity contribution in [3.05, 3.63) is 35.1 Å². The molecule has 0 aliphatic carbocycles. The van der Waals surface area contributed by atoms with E-state index in [9.17, 15) is 13.2 Å². The zero-order chi connectivity index (χ0) is 9.35. The van der Waals surface area contributed by atoms with E-state index in [1.807, 2.05) is 0 Å². The van der Waals surface area contributed by atoms with Gasteiger partial charge in [0.05, 0.1) is 5.56 Å². The summed E-state index contributed by atoms with van der Waals surface area (Å²) in [5, 5.41) is -3.63. The van der Waals surface area contributed by atoms with Crippen LogP contribution in [0, 0.1) is 12.7 Å². The lowest BCUT2D eigenvalue weighted by molar-refractivity contribution is 0.0905. The second-order valence-corrected chi connectivity index (χ2v) is 2.91. The molecule has 0 radical (unpaired) electrons. The molecule has 1 aromatic rings. The SMILES string of the molecule is Cc1cccc(C(F)(F)Cl)c1F. The van der Waals surface area contributed by atoms with Crippen molar-refractivity contribution < 1.29 is 13.2 Å². The molecule has 0 aliphatic rings. The molecule has 0 bridgehead atoms. The molecule has 4 heteroatoms. The van der Waals surface area contributed by atoms with Gasteiger partial charge in [-0.15, -0.1) is 0 Å². The molecule has 0 aromatic heterocycles. The van der Waals surface area contributed by atoms with Gasteiger partial charge in [-0.25, -0.2) is 4.39 Å². The summed E-state index contributed by atoms with van der Waals surface area (Å²) in [6.45, 7) is 1.40. The summed E-state index contributed by atoms with van der Waals surface area (Å²) in [6.07, 6.45) is 0. The van der Waals surface area contributed by atoms with Crippen LogP contribution in [0.3, 0.4) is 0 Å². The van der Waals surface area contributed by atoms with Crippen molar-refractivity contribution in [3.8, 4) is 0 Å². The second-order valence-electron chi connectivity index (χ2n) is 2.43. The monoisotopic (exact) mass is 194 g/mol. The van der Waals surface area contributed by atoms with E-state index in [-0.39, 0.29) is 5.56 Å². The highest BCUT2D eigenvalue weighted by Crippen LogP contribution is 2.34. The number of benzene rings is 1. The lowest BCUT2D eigenvalue weighted by Gasteiger charge is -2.09. The molecule has 0 amide bonds. The zero-order valence-electron chi connectivity index (χ0n) is 6.24. The van der Waals surface area contributed by atoms with Crippen molar-refractivity contribution >= 4 is 11.6 Å². The Morgan fingerprint density at radius 1 is 1.33 bits per heavy atom. The molecule has 0 saturated heterocycles. The third-order valence-corrected chi connectivity index (χ3v) is 1.70. The smallest absolute Gasteiger partial charge is 0.206 e. The fourth-order valence-electron chi connectivity index (χ4n) is 0.866. The third kappa shape index (κ3) is 1.72. The van der Waals surface area contributed by atoms with Gasteiger partial charge in [0.2, 0.25) is 0 Å². The normalized spacial score (nSPS) is 11.8. The first-order valence-electron chi connectivity index (χ1n) is 3.25. The van der Waals surface area contributed by atoms with E-state index < -0.39 is 16.8 Å². The van der Waals surface area contributed by atoms with Gasteiger partial charge in [-0.2, -0.15) is 8.78 Å². The molecule has 0 spiro atoms. The minimum absolute atomic E-state index is 0.160. The van der Waals surface area contributed by atoms with Crippen LogP contribution in [0.4, 0.5) is 13.2 Å². The van der Waals surface area contributed by atoms with E-state index in [0.717, 1.165) is 6.07 Å². The van der Waals surface area contributed by atoms with Crippen LogP contribution >= 0.6 is 11.6 Å². The Kier molecular flexibility index (Phi) is 2.33. The highest BCUT2D eigenvalue weighted by atomic mass is 35.5. The molecule has 0 heterocycles. The fraction of sp³-hybridized carbons (Fsp3) is 0.250. The minimum atomic E-state index is -3.63. The van der Waals surface area contributed by atoms with Crippen LogP contribution in [0.2, 0.25) is 0 Å². The summed E-state index contributed by atoms with van der Waals surface area (Å²) in [5.41, 5.74) is -0.614. The summed E-state index contributed by atoms with van der Waals surface area (Å²) in [6, 6.07) is 3.71. The standard InChI is InChI=1S/C8H6ClF3/c1-5-3-2-4-6(7(5)10)8(9,11)12/h2-4H,1H3. The first-order chi connectivity index (χ1) is 5.43. The summed E-state index contributed by atoms with van der Waals surface area (Å²) in [4.78, 5) is 0. The number of halogens is 4. The topological polar surface area (TPSA) is 0 Å². The summed E-state index contributed by atoms with van der Waals surface area (Å²) in [7, 11) is 0. The molecule has 0 nitrogen and oxygen atoms in total. The Morgan fingerprint density at radius 3 is 2.33 bits per heavy atom. The number of hydrogen-bond donors (Lipinski definition) is 0. The summed E-state index contributed by atoms with van der Waals surface area (Å²) < 4.78 is 37.8. The average Bonchev–Trinajstić information content (AvgIpc) is 1.92. The molecule has 0 fully saturated rings. The van der Waals surface area contributed by atoms with Crippen molar-refractivity contribution in [2.75, 3.05) is 0 Å². The summed E-state index contributed by atoms with van der Waals surface area (Å²) in [5.74, 6) is -0.947. The van der Waals surface area contributed by atoms with E-state index in [1.165, 1.54) is 19.1 Å². The van der Waals surface area contributed by atoms with Crippen LogP contribution in [0.15, 0.2) is 18.2 Å². The number of hydrogen-bond acceptors (Lipinski definition) is 0. The van der Waals surface area contributed by atoms with Gasteiger partial charge in [-0.1, -0.05) is 12.1 Å². The van der Waals surface area contributed by atoms with Gasteiger partial charge in [-0.3, -0.25) is 0 Å². The van der Waals surface area contributed by atoms with Gasteiger partial charge in [0, 0.05) is 0 Å². The Morgan fingerprint density at radius 2 is 1.92 bits per heavy atom. The van der Waals surface area contributed by atoms with Crippen LogP contribution in [0.1, 0.15) is 11.1 Å². The number of aryl methyl sites for hydroxylation is 1. The van der Waals surface area contributed by atoms with Crippen LogP contribution < -0.4 is 0 Å². The minimum Gasteiger partial charge on any atom is -0.206 e. The van der Waals surface area contributed by atoms with Gasteiger partial charge >= 0.3 is 5.38 Å². The van der Waals surface area contributed by atoms with E-state index in [0.29, 0.717) is 0 Å². The quantitative estimate of drug-likeness (QED) is 0.601. The van der Waals surface area contributed by atoms with Crippen molar-refractivity contribution in [1.82, 2.24) is 0 Å². The molecule has 66 valence electrons. The largest absolute Gasteiger partial charge is 0.351 e. The highest BCUT2D eigenvalue weighted by molar-refractivity contribution is 6.21. The molecule has 0 aliphatic heterocycles. The van der Waals surface area contributed by atoms with E-state index >= 15 is 0 Å². The third-order valence-electron chi connectivity index (χ3n) is 1.50. The Balaban J connectivity index is 3.26. The van der Waals surface area contributed by atoms with Gasteiger partial charge in [0.1, 0.15) is 5.82 Å². The molecular formula is C8H6ClF3. The Bertz CT molecular complexity index is 291. The van der Waals surface area contributed by atoms with Gasteiger partial charge < -0.3 is 0 Å². The van der Waals surface area contributed by atoms with Crippen LogP contribution in [-0.4, -0.2) is 0 Å². The fourth-order valence-corrected chi connectivity index (χ4v) is 1.01. The maximum absolute atomic E-state index is 12.9. The van der Waals surface area contributed by atoms with Gasteiger partial charge in [-0.05, 0) is 30.2 Å². The first-order valence-corrected chi connectivity index (χ1v) is 3.63. The molecule has 1 aromatic carbocycles. The lowest BCUT2D eigenvalue weighted by Crippen LogP contribution is -2.07. The first kappa shape index (κ1) is 9.39. The van der Waals surface area contributed by atoms with Crippen molar-refractivity contribution in [3.63, 3.8) is 0 Å². The van der Waals surface area contributed by atoms with Crippen LogP contribution in [-0.2, 0) is 5.38 Å². The van der Waals surface area contributed by atoms with E-state index in [1.54, 1.807) is 0 Å². The highest BCUT2D eigenvalue weighted by Gasteiger charge is 2.31. The molecular weight excluding hydrogens is 189 g/mol. The van der Waals surface area contributed by atoms with Crippen molar-refractivity contribution in [2.45, 2.75) is 12.3 Å². The molecule has 0 saturated carbocycles. The zero-order valence-corrected chi connectivity index (χ0v) is 7.00. The van der Waals surface area contributed by atoms with Gasteiger partial charge in [0.25, 0.3) is 0 Å². The number of rotatable bonds is 1. The molecule has 1 rings (SSSR count). The predicted octanol–water partition coefficient (Wildman–Crippen LogP) is 3.42. The van der Waals surface area contributed by atoms with Gasteiger partial charge in [0.15, 0.2) is 0 Å². The molecule has 0 unspecified atom stereocenters.